The third kappa shape index (κ3) is 2.41. The van der Waals surface area contributed by atoms with E-state index in [2.05, 4.69) is 9.97 Å². The Hall–Kier alpha value is -1.97. The summed E-state index contributed by atoms with van der Waals surface area (Å²) in [5.41, 5.74) is 8.19. The van der Waals surface area contributed by atoms with Crippen molar-refractivity contribution < 1.29 is 4.39 Å². The highest BCUT2D eigenvalue weighted by Gasteiger charge is 2.08. The van der Waals surface area contributed by atoms with E-state index in [9.17, 15) is 4.39 Å². The average Bonchev–Trinajstić information content (AvgIpc) is 2.31. The maximum atomic E-state index is 13.2. The van der Waals surface area contributed by atoms with Crippen LogP contribution in [0.4, 0.5) is 10.2 Å². The lowest BCUT2D eigenvalue weighted by atomic mass is 10.1. The molecule has 2 aromatic rings. The smallest absolute Gasteiger partial charge is 0.162 e. The van der Waals surface area contributed by atoms with Crippen molar-refractivity contribution in [3.05, 3.63) is 41.3 Å². The number of nitrogen functional groups attached to an aromatic ring is 1. The second-order valence-electron chi connectivity index (χ2n) is 3.92. The lowest BCUT2D eigenvalue weighted by Crippen LogP contribution is -2.00. The highest BCUT2D eigenvalue weighted by atomic mass is 19.1. The molecule has 0 aliphatic heterocycles. The van der Waals surface area contributed by atoms with Crippen LogP contribution < -0.4 is 5.73 Å². The molecule has 1 aromatic heterocycles. The zero-order valence-electron chi connectivity index (χ0n) is 9.87. The maximum Gasteiger partial charge on any atom is 0.162 e. The summed E-state index contributed by atoms with van der Waals surface area (Å²) in [6, 6.07) is 6.30. The van der Waals surface area contributed by atoms with E-state index in [0.717, 1.165) is 17.7 Å². The van der Waals surface area contributed by atoms with E-state index in [4.69, 9.17) is 5.73 Å². The van der Waals surface area contributed by atoms with Crippen LogP contribution in [0.2, 0.25) is 0 Å². The monoisotopic (exact) mass is 231 g/mol. The first-order chi connectivity index (χ1) is 8.10. The van der Waals surface area contributed by atoms with Crippen molar-refractivity contribution in [3.63, 3.8) is 0 Å². The SMILES string of the molecule is CCc1cc(N)nc(-c2cc(F)ccc2C)n1. The highest BCUT2D eigenvalue weighted by Crippen LogP contribution is 2.22. The number of aromatic nitrogens is 2. The Morgan fingerprint density at radius 2 is 2.00 bits per heavy atom. The molecule has 0 aliphatic rings. The summed E-state index contributed by atoms with van der Waals surface area (Å²) in [6.45, 7) is 3.89. The number of hydrogen-bond acceptors (Lipinski definition) is 3. The second-order valence-corrected chi connectivity index (χ2v) is 3.92. The van der Waals surface area contributed by atoms with Gasteiger partial charge in [0.05, 0.1) is 0 Å². The van der Waals surface area contributed by atoms with Gasteiger partial charge in [-0.05, 0) is 31.0 Å². The molecule has 17 heavy (non-hydrogen) atoms. The number of anilines is 1. The van der Waals surface area contributed by atoms with E-state index in [1.165, 1.54) is 12.1 Å². The fraction of sp³-hybridized carbons (Fsp3) is 0.231. The Morgan fingerprint density at radius 3 is 2.71 bits per heavy atom. The molecule has 0 atom stereocenters. The number of hydrogen-bond donors (Lipinski definition) is 1. The van der Waals surface area contributed by atoms with Gasteiger partial charge in [0.15, 0.2) is 5.82 Å². The molecule has 1 aromatic carbocycles. The number of benzene rings is 1. The first-order valence-corrected chi connectivity index (χ1v) is 5.50. The third-order valence-corrected chi connectivity index (χ3v) is 2.60. The Kier molecular flexibility index (Phi) is 3.04. The standard InChI is InChI=1S/C13H14FN3/c1-3-10-7-12(15)17-13(16-10)11-6-9(14)5-4-8(11)2/h4-7H,3H2,1-2H3,(H2,15,16,17). The normalized spacial score (nSPS) is 10.5. The van der Waals surface area contributed by atoms with Gasteiger partial charge in [-0.25, -0.2) is 14.4 Å². The van der Waals surface area contributed by atoms with Crippen molar-refractivity contribution >= 4 is 5.82 Å². The van der Waals surface area contributed by atoms with Crippen LogP contribution in [0, 0.1) is 12.7 Å². The predicted octanol–water partition coefficient (Wildman–Crippen LogP) is 2.74. The summed E-state index contributed by atoms with van der Waals surface area (Å²) in [5.74, 6) is 0.601. The molecule has 0 amide bonds. The van der Waals surface area contributed by atoms with Crippen LogP contribution in [0.25, 0.3) is 11.4 Å². The fourth-order valence-corrected chi connectivity index (χ4v) is 1.66. The zero-order chi connectivity index (χ0) is 12.4. The zero-order valence-corrected chi connectivity index (χ0v) is 9.87. The van der Waals surface area contributed by atoms with E-state index >= 15 is 0 Å². The largest absolute Gasteiger partial charge is 0.384 e. The van der Waals surface area contributed by atoms with Crippen molar-refractivity contribution in [2.75, 3.05) is 5.73 Å². The lowest BCUT2D eigenvalue weighted by molar-refractivity contribution is 0.627. The molecule has 0 saturated carbocycles. The van der Waals surface area contributed by atoms with Crippen molar-refractivity contribution in [2.24, 2.45) is 0 Å². The van der Waals surface area contributed by atoms with Gasteiger partial charge in [-0.2, -0.15) is 0 Å². The molecule has 0 bridgehead atoms. The molecule has 0 fully saturated rings. The van der Waals surface area contributed by atoms with Crippen LogP contribution in [0.15, 0.2) is 24.3 Å². The molecule has 0 radical (unpaired) electrons. The fourth-order valence-electron chi connectivity index (χ4n) is 1.66. The van der Waals surface area contributed by atoms with Gasteiger partial charge in [0.2, 0.25) is 0 Å². The molecular formula is C13H14FN3. The Balaban J connectivity index is 2.59. The van der Waals surface area contributed by atoms with E-state index in [1.54, 1.807) is 12.1 Å². The summed E-state index contributed by atoms with van der Waals surface area (Å²) in [5, 5.41) is 0. The van der Waals surface area contributed by atoms with Gasteiger partial charge < -0.3 is 5.73 Å². The molecule has 2 N–H and O–H groups in total. The molecule has 0 unspecified atom stereocenters. The van der Waals surface area contributed by atoms with Crippen LogP contribution in [0.3, 0.4) is 0 Å². The van der Waals surface area contributed by atoms with E-state index in [-0.39, 0.29) is 5.82 Å². The number of halogens is 1. The molecule has 1 heterocycles. The first kappa shape index (κ1) is 11.5. The van der Waals surface area contributed by atoms with Gasteiger partial charge in [-0.1, -0.05) is 13.0 Å². The molecule has 0 saturated heterocycles. The van der Waals surface area contributed by atoms with Crippen molar-refractivity contribution in [1.82, 2.24) is 9.97 Å². The Labute approximate surface area is 99.5 Å². The molecule has 3 nitrogen and oxygen atoms in total. The van der Waals surface area contributed by atoms with Crippen LogP contribution in [0.1, 0.15) is 18.2 Å². The average molecular weight is 231 g/mol. The summed E-state index contributed by atoms with van der Waals surface area (Å²) >= 11 is 0. The number of aryl methyl sites for hydroxylation is 2. The maximum absolute atomic E-state index is 13.2. The van der Waals surface area contributed by atoms with Crippen LogP contribution in [-0.2, 0) is 6.42 Å². The highest BCUT2D eigenvalue weighted by molar-refractivity contribution is 5.61. The van der Waals surface area contributed by atoms with Gasteiger partial charge >= 0.3 is 0 Å². The Bertz CT molecular complexity index is 552. The van der Waals surface area contributed by atoms with E-state index in [0.29, 0.717) is 17.2 Å². The van der Waals surface area contributed by atoms with Crippen molar-refractivity contribution in [3.8, 4) is 11.4 Å². The molecule has 88 valence electrons. The molecule has 4 heteroatoms. The number of rotatable bonds is 2. The van der Waals surface area contributed by atoms with Gasteiger partial charge in [0.25, 0.3) is 0 Å². The van der Waals surface area contributed by atoms with E-state index in [1.807, 2.05) is 13.8 Å². The molecule has 0 spiro atoms. The minimum absolute atomic E-state index is 0.297. The van der Waals surface area contributed by atoms with Gasteiger partial charge in [0, 0.05) is 17.3 Å². The van der Waals surface area contributed by atoms with Crippen LogP contribution in [-0.4, -0.2) is 9.97 Å². The first-order valence-electron chi connectivity index (χ1n) is 5.50. The number of nitrogens with two attached hydrogens (primary N) is 1. The van der Waals surface area contributed by atoms with Gasteiger partial charge in [-0.3, -0.25) is 0 Å². The van der Waals surface area contributed by atoms with Gasteiger partial charge in [0.1, 0.15) is 11.6 Å². The predicted molar refractivity (Wildman–Crippen MR) is 66.0 cm³/mol. The minimum Gasteiger partial charge on any atom is -0.384 e. The number of nitrogens with zero attached hydrogens (tertiary/aromatic N) is 2. The summed E-state index contributed by atoms with van der Waals surface area (Å²) < 4.78 is 13.2. The summed E-state index contributed by atoms with van der Waals surface area (Å²) in [7, 11) is 0. The van der Waals surface area contributed by atoms with Crippen molar-refractivity contribution in [1.29, 1.82) is 0 Å². The second kappa shape index (κ2) is 4.49. The molecule has 2 rings (SSSR count). The topological polar surface area (TPSA) is 51.8 Å². The van der Waals surface area contributed by atoms with Crippen LogP contribution in [0.5, 0.6) is 0 Å². The molecule has 0 aliphatic carbocycles. The quantitative estimate of drug-likeness (QED) is 0.864. The lowest BCUT2D eigenvalue weighted by Gasteiger charge is -2.07. The third-order valence-electron chi connectivity index (χ3n) is 2.60. The van der Waals surface area contributed by atoms with Crippen LogP contribution >= 0.6 is 0 Å². The van der Waals surface area contributed by atoms with Gasteiger partial charge in [-0.15, -0.1) is 0 Å². The Morgan fingerprint density at radius 1 is 1.24 bits per heavy atom. The van der Waals surface area contributed by atoms with Crippen molar-refractivity contribution in [2.45, 2.75) is 20.3 Å². The summed E-state index contributed by atoms with van der Waals surface area (Å²) in [4.78, 5) is 8.52. The summed E-state index contributed by atoms with van der Waals surface area (Å²) in [6.07, 6.45) is 0.772. The minimum atomic E-state index is -0.297. The molecular weight excluding hydrogens is 217 g/mol. The van der Waals surface area contributed by atoms with E-state index < -0.39 is 0 Å².